The highest BCUT2D eigenvalue weighted by Gasteiger charge is 2.50. The van der Waals surface area contributed by atoms with Crippen LogP contribution < -0.4 is 0 Å². The van der Waals surface area contributed by atoms with E-state index in [-0.39, 0.29) is 0 Å². The highest BCUT2D eigenvalue weighted by Crippen LogP contribution is 2.63. The molecule has 2 aromatic heterocycles. The van der Waals surface area contributed by atoms with Gasteiger partial charge in [0.05, 0.1) is 28.0 Å². The van der Waals surface area contributed by atoms with Crippen molar-refractivity contribution < 1.29 is 0 Å². The van der Waals surface area contributed by atoms with Crippen molar-refractivity contribution in [1.82, 2.24) is 15.0 Å². The Kier molecular flexibility index (Phi) is 7.38. The Bertz CT molecular complexity index is 3160. The maximum Gasteiger partial charge on any atom is 0.160 e. The van der Waals surface area contributed by atoms with E-state index in [1.165, 1.54) is 48.6 Å². The van der Waals surface area contributed by atoms with Gasteiger partial charge in [0.2, 0.25) is 0 Å². The molecule has 12 rings (SSSR count). The molecule has 3 nitrogen and oxygen atoms in total. The van der Waals surface area contributed by atoms with E-state index < -0.39 is 5.41 Å². The highest BCUT2D eigenvalue weighted by molar-refractivity contribution is 7.99. The summed E-state index contributed by atoms with van der Waals surface area (Å²) in [5.74, 6) is 0.698. The lowest BCUT2D eigenvalue weighted by molar-refractivity contribution is 0.723. The molecule has 4 heteroatoms. The van der Waals surface area contributed by atoms with E-state index in [0.29, 0.717) is 5.82 Å². The molecule has 3 heterocycles. The first-order chi connectivity index (χ1) is 28.8. The zero-order valence-electron chi connectivity index (χ0n) is 31.3. The number of aromatic nitrogens is 3. The Balaban J connectivity index is 1.12. The van der Waals surface area contributed by atoms with Crippen molar-refractivity contribution in [3.05, 3.63) is 222 Å². The van der Waals surface area contributed by atoms with E-state index in [9.17, 15) is 0 Å². The number of nitrogens with zero attached hydrogens (tertiary/aromatic N) is 3. The molecule has 0 fully saturated rings. The molecule has 0 radical (unpaired) electrons. The quantitative estimate of drug-likeness (QED) is 0.168. The Morgan fingerprint density at radius 3 is 1.72 bits per heavy atom. The molecular weight excluding hydrogens is 723 g/mol. The Morgan fingerprint density at radius 1 is 0.379 bits per heavy atom. The molecule has 0 N–H and O–H groups in total. The van der Waals surface area contributed by atoms with Gasteiger partial charge < -0.3 is 0 Å². The first-order valence-electron chi connectivity index (χ1n) is 19.7. The van der Waals surface area contributed by atoms with Crippen molar-refractivity contribution in [2.24, 2.45) is 0 Å². The lowest BCUT2D eigenvalue weighted by Gasteiger charge is -2.39. The van der Waals surface area contributed by atoms with E-state index in [1.807, 2.05) is 36.0 Å². The molecule has 2 aliphatic rings. The Labute approximate surface area is 340 Å². The third kappa shape index (κ3) is 4.85. The maximum absolute atomic E-state index is 5.46. The van der Waals surface area contributed by atoms with Crippen LogP contribution in [0.15, 0.2) is 210 Å². The topological polar surface area (TPSA) is 38.7 Å². The van der Waals surface area contributed by atoms with Crippen molar-refractivity contribution in [3.63, 3.8) is 0 Å². The molecule has 1 spiro atoms. The van der Waals surface area contributed by atoms with Crippen molar-refractivity contribution in [2.75, 3.05) is 0 Å². The molecule has 8 aromatic carbocycles. The van der Waals surface area contributed by atoms with Gasteiger partial charge in [0, 0.05) is 48.2 Å². The van der Waals surface area contributed by atoms with Crippen molar-refractivity contribution in [3.8, 4) is 56.3 Å². The minimum absolute atomic E-state index is 0.455. The van der Waals surface area contributed by atoms with Crippen LogP contribution in [-0.4, -0.2) is 15.0 Å². The first kappa shape index (κ1) is 33.0. The van der Waals surface area contributed by atoms with Gasteiger partial charge in [-0.2, -0.15) is 0 Å². The molecule has 0 atom stereocenters. The Morgan fingerprint density at radius 2 is 0.966 bits per heavy atom. The number of rotatable bonds is 4. The summed E-state index contributed by atoms with van der Waals surface area (Å²) in [7, 11) is 0. The number of hydrogen-bond acceptors (Lipinski definition) is 4. The summed E-state index contributed by atoms with van der Waals surface area (Å²) in [4.78, 5) is 18.3. The second-order valence-electron chi connectivity index (χ2n) is 15.1. The number of pyridine rings is 1. The standard InChI is InChI=1S/C54H33N3S/c1-3-16-34(17-4-1)46-33-47(57-53(56-46)35-18-5-2-6-19-35)36-20-15-21-37(32-36)52-40-30-31-44-51(50(40)39-23-8-12-27-45(39)55-52)38-22-7-9-24-41(38)54(44)42-25-10-13-28-48(42)58-49-29-14-11-26-43(49)54/h1-33H. The van der Waals surface area contributed by atoms with Gasteiger partial charge in [-0.25, -0.2) is 15.0 Å². The van der Waals surface area contributed by atoms with Crippen LogP contribution in [0.1, 0.15) is 22.3 Å². The lowest BCUT2D eigenvalue weighted by atomic mass is 9.67. The predicted molar refractivity (Wildman–Crippen MR) is 238 cm³/mol. The summed E-state index contributed by atoms with van der Waals surface area (Å²) in [5, 5.41) is 3.52. The van der Waals surface area contributed by atoms with E-state index in [1.54, 1.807) is 0 Å². The van der Waals surface area contributed by atoms with Gasteiger partial charge in [-0.3, -0.25) is 0 Å². The fraction of sp³-hybridized carbons (Fsp3) is 0.0185. The molecule has 0 unspecified atom stereocenters. The molecule has 0 bridgehead atoms. The zero-order valence-corrected chi connectivity index (χ0v) is 32.1. The normalized spacial score (nSPS) is 13.2. The summed E-state index contributed by atoms with van der Waals surface area (Å²) in [6, 6.07) is 71.8. The van der Waals surface area contributed by atoms with Crippen molar-refractivity contribution in [1.29, 1.82) is 0 Å². The van der Waals surface area contributed by atoms with Gasteiger partial charge >= 0.3 is 0 Å². The molecule has 0 amide bonds. The molecule has 1 aliphatic heterocycles. The van der Waals surface area contributed by atoms with Gasteiger partial charge in [-0.15, -0.1) is 0 Å². The first-order valence-corrected chi connectivity index (χ1v) is 20.5. The van der Waals surface area contributed by atoms with Gasteiger partial charge in [-0.05, 0) is 63.7 Å². The molecular formula is C54H33N3S. The van der Waals surface area contributed by atoms with Crippen LogP contribution in [0, 0.1) is 0 Å². The monoisotopic (exact) mass is 755 g/mol. The van der Waals surface area contributed by atoms with Crippen LogP contribution in [0.25, 0.3) is 78.0 Å². The van der Waals surface area contributed by atoms with E-state index >= 15 is 0 Å². The average molecular weight is 756 g/mol. The predicted octanol–water partition coefficient (Wildman–Crippen LogP) is 13.7. The van der Waals surface area contributed by atoms with Crippen LogP contribution in [-0.2, 0) is 5.41 Å². The van der Waals surface area contributed by atoms with Gasteiger partial charge in [0.1, 0.15) is 0 Å². The van der Waals surface area contributed by atoms with E-state index in [0.717, 1.165) is 55.6 Å². The summed E-state index contributed by atoms with van der Waals surface area (Å²) < 4.78 is 0. The minimum Gasteiger partial charge on any atom is -0.247 e. The van der Waals surface area contributed by atoms with Crippen molar-refractivity contribution >= 4 is 33.4 Å². The van der Waals surface area contributed by atoms with Gasteiger partial charge in [0.15, 0.2) is 5.82 Å². The summed E-state index contributed by atoms with van der Waals surface area (Å²) in [6.07, 6.45) is 0. The van der Waals surface area contributed by atoms with Crippen molar-refractivity contribution in [2.45, 2.75) is 15.2 Å². The second-order valence-corrected chi connectivity index (χ2v) is 16.1. The van der Waals surface area contributed by atoms with E-state index in [4.69, 9.17) is 15.0 Å². The second kappa shape index (κ2) is 13.0. The summed E-state index contributed by atoms with van der Waals surface area (Å²) >= 11 is 1.88. The van der Waals surface area contributed by atoms with Crippen LogP contribution >= 0.6 is 11.8 Å². The smallest absolute Gasteiger partial charge is 0.160 e. The minimum atomic E-state index is -0.455. The molecule has 10 aromatic rings. The summed E-state index contributed by atoms with van der Waals surface area (Å²) in [5.41, 5.74) is 15.2. The zero-order chi connectivity index (χ0) is 38.2. The molecule has 58 heavy (non-hydrogen) atoms. The largest absolute Gasteiger partial charge is 0.247 e. The van der Waals surface area contributed by atoms with Crippen LogP contribution in [0.5, 0.6) is 0 Å². The fourth-order valence-electron chi connectivity index (χ4n) is 9.50. The molecule has 0 saturated heterocycles. The SMILES string of the molecule is c1ccc(-c2cc(-c3cccc(-c4nc5ccccc5c5c6c(ccc45)C4(c5ccccc5Sc5ccccc54)c4ccccc4-6)c3)nc(-c3ccccc3)n2)cc1. The lowest BCUT2D eigenvalue weighted by Crippen LogP contribution is -2.31. The third-order valence-corrected chi connectivity index (χ3v) is 13.1. The Hall–Kier alpha value is -7.14. The van der Waals surface area contributed by atoms with Gasteiger partial charge in [0.25, 0.3) is 0 Å². The number of benzene rings is 8. The maximum atomic E-state index is 5.46. The summed E-state index contributed by atoms with van der Waals surface area (Å²) in [6.45, 7) is 0. The van der Waals surface area contributed by atoms with Crippen LogP contribution in [0.3, 0.4) is 0 Å². The average Bonchev–Trinajstić information content (AvgIpc) is 3.60. The molecule has 0 saturated carbocycles. The molecule has 270 valence electrons. The van der Waals surface area contributed by atoms with Gasteiger partial charge in [-0.1, -0.05) is 182 Å². The molecule has 1 aliphatic carbocycles. The van der Waals surface area contributed by atoms with E-state index in [2.05, 4.69) is 176 Å². The number of para-hydroxylation sites is 1. The van der Waals surface area contributed by atoms with Crippen LogP contribution in [0.4, 0.5) is 0 Å². The number of hydrogen-bond donors (Lipinski definition) is 0. The fourth-order valence-corrected chi connectivity index (χ4v) is 10.7. The highest BCUT2D eigenvalue weighted by atomic mass is 32.2. The third-order valence-electron chi connectivity index (χ3n) is 11.9. The number of fused-ring (bicyclic) bond motifs is 13. The van der Waals surface area contributed by atoms with Crippen LogP contribution in [0.2, 0.25) is 0 Å².